The average molecular weight is 491 g/mol. The van der Waals surface area contributed by atoms with Gasteiger partial charge in [-0.25, -0.2) is 4.52 Å². The lowest BCUT2D eigenvalue weighted by molar-refractivity contribution is -0.126. The maximum absolute atomic E-state index is 12.7. The minimum atomic E-state index is -0.481. The van der Waals surface area contributed by atoms with Crippen LogP contribution in [0.3, 0.4) is 0 Å². The number of nitrogens with two attached hydrogens (primary N) is 1. The number of nitrogens with zero attached hydrogens (tertiary/aromatic N) is 2. The van der Waals surface area contributed by atoms with E-state index in [9.17, 15) is 9.59 Å². The van der Waals surface area contributed by atoms with Crippen LogP contribution >= 0.6 is 0 Å². The number of pyridine rings is 1. The zero-order valence-electron chi connectivity index (χ0n) is 20.0. The molecule has 2 amide bonds. The molecule has 2 aliphatic carbocycles. The Bertz CT molecular complexity index is 1280. The molecule has 9 nitrogen and oxygen atoms in total. The van der Waals surface area contributed by atoms with Gasteiger partial charge in [0.1, 0.15) is 17.6 Å². The van der Waals surface area contributed by atoms with Gasteiger partial charge in [0.05, 0.1) is 49.2 Å². The molecule has 1 unspecified atom stereocenters. The van der Waals surface area contributed by atoms with E-state index >= 15 is 0 Å². The van der Waals surface area contributed by atoms with Crippen LogP contribution in [-0.2, 0) is 16.0 Å². The summed E-state index contributed by atoms with van der Waals surface area (Å²) >= 11 is 0. The first-order valence-electron chi connectivity index (χ1n) is 12.5. The molecule has 1 saturated heterocycles. The molecule has 2 saturated carbocycles. The van der Waals surface area contributed by atoms with Crippen molar-refractivity contribution >= 4 is 17.3 Å². The van der Waals surface area contributed by atoms with Crippen molar-refractivity contribution < 1.29 is 23.8 Å². The maximum Gasteiger partial charge on any atom is 0.252 e. The van der Waals surface area contributed by atoms with Gasteiger partial charge < -0.3 is 25.3 Å². The summed E-state index contributed by atoms with van der Waals surface area (Å²) in [5, 5.41) is 7.58. The number of fused-ring (bicyclic) bond motifs is 1. The van der Waals surface area contributed by atoms with Gasteiger partial charge in [-0.2, -0.15) is 5.10 Å². The number of carbonyl (C=O) groups is 2. The first kappa shape index (κ1) is 22.8. The molecule has 3 aromatic rings. The summed E-state index contributed by atoms with van der Waals surface area (Å²) in [6, 6.07) is 11.1. The van der Waals surface area contributed by atoms with E-state index in [1.807, 2.05) is 24.4 Å². The summed E-state index contributed by atoms with van der Waals surface area (Å²) < 4.78 is 19.1. The number of ether oxygens (including phenoxy) is 3. The van der Waals surface area contributed by atoms with Crippen LogP contribution in [0.4, 0.5) is 0 Å². The van der Waals surface area contributed by atoms with Crippen LogP contribution in [0.25, 0.3) is 5.52 Å². The van der Waals surface area contributed by atoms with Gasteiger partial charge in [-0.15, -0.1) is 0 Å². The van der Waals surface area contributed by atoms with E-state index in [0.29, 0.717) is 24.3 Å². The summed E-state index contributed by atoms with van der Waals surface area (Å²) in [6.45, 7) is 1.35. The Morgan fingerprint density at radius 1 is 1.11 bits per heavy atom. The van der Waals surface area contributed by atoms with Gasteiger partial charge in [0.2, 0.25) is 5.91 Å². The van der Waals surface area contributed by atoms with Crippen LogP contribution in [0.1, 0.15) is 48.0 Å². The average Bonchev–Trinajstić information content (AvgIpc) is 3.46. The third-order valence-corrected chi connectivity index (χ3v) is 7.60. The lowest BCUT2D eigenvalue weighted by atomic mass is 9.53. The minimum Gasteiger partial charge on any atom is -0.490 e. The van der Waals surface area contributed by atoms with Crippen molar-refractivity contribution in [1.82, 2.24) is 14.9 Å². The highest BCUT2D eigenvalue weighted by molar-refractivity contribution is 5.95. The van der Waals surface area contributed by atoms with Crippen molar-refractivity contribution in [3.8, 4) is 11.5 Å². The van der Waals surface area contributed by atoms with Gasteiger partial charge in [0.15, 0.2) is 0 Å². The zero-order chi connectivity index (χ0) is 24.7. The van der Waals surface area contributed by atoms with Gasteiger partial charge in [-0.3, -0.25) is 9.59 Å². The normalized spacial score (nSPS) is 26.8. The summed E-state index contributed by atoms with van der Waals surface area (Å²) in [5.41, 5.74) is 7.89. The molecule has 1 atom stereocenters. The molecule has 3 aliphatic rings. The van der Waals surface area contributed by atoms with Crippen LogP contribution < -0.4 is 20.5 Å². The van der Waals surface area contributed by atoms with E-state index in [1.165, 1.54) is 0 Å². The van der Waals surface area contributed by atoms with Crippen molar-refractivity contribution in [3.05, 3.63) is 59.9 Å². The fourth-order valence-electron chi connectivity index (χ4n) is 5.84. The van der Waals surface area contributed by atoms with Gasteiger partial charge in [0, 0.05) is 18.0 Å². The number of rotatable bonds is 8. The molecule has 3 fully saturated rings. The van der Waals surface area contributed by atoms with E-state index < -0.39 is 5.91 Å². The molecule has 1 aliphatic heterocycles. The maximum atomic E-state index is 12.7. The summed E-state index contributed by atoms with van der Waals surface area (Å²) in [4.78, 5) is 24.3. The van der Waals surface area contributed by atoms with Crippen molar-refractivity contribution in [3.63, 3.8) is 0 Å². The Balaban J connectivity index is 0.976. The number of nitrogens with one attached hydrogen (secondary N) is 1. The molecule has 2 aromatic heterocycles. The quantitative estimate of drug-likeness (QED) is 0.501. The molecule has 0 bridgehead atoms. The van der Waals surface area contributed by atoms with Gasteiger partial charge in [-0.05, 0) is 55.4 Å². The smallest absolute Gasteiger partial charge is 0.252 e. The number of para-hydroxylation sites is 1. The lowest BCUT2D eigenvalue weighted by Crippen LogP contribution is -2.59. The first-order chi connectivity index (χ1) is 17.5. The van der Waals surface area contributed by atoms with Crippen molar-refractivity contribution in [1.29, 1.82) is 0 Å². The SMILES string of the molecule is NC(=O)c1ccccc1OC1CC2(CC(NC(=O)Cc3cnn4cc(OC5CCOC5)ccc34)C2)C1. The molecule has 36 heavy (non-hydrogen) atoms. The number of hydrogen-bond acceptors (Lipinski definition) is 6. The Morgan fingerprint density at radius 3 is 2.72 bits per heavy atom. The number of hydrogen-bond donors (Lipinski definition) is 2. The number of primary amides is 1. The topological polar surface area (TPSA) is 117 Å². The van der Waals surface area contributed by atoms with Crippen LogP contribution in [0, 0.1) is 5.41 Å². The minimum absolute atomic E-state index is 0.00990. The van der Waals surface area contributed by atoms with E-state index in [4.69, 9.17) is 19.9 Å². The van der Waals surface area contributed by atoms with Gasteiger partial charge in [-0.1, -0.05) is 12.1 Å². The van der Waals surface area contributed by atoms with Crippen LogP contribution in [0.15, 0.2) is 48.8 Å². The lowest BCUT2D eigenvalue weighted by Gasteiger charge is -2.57. The van der Waals surface area contributed by atoms with Crippen LogP contribution in [-0.4, -0.2) is 52.9 Å². The molecule has 3 heterocycles. The summed E-state index contributed by atoms with van der Waals surface area (Å²) in [6.07, 6.45) is 8.71. The standard InChI is InChI=1S/C27H30N4O5/c28-26(33)22-3-1-2-4-24(22)36-21-12-27(13-21)10-18(11-27)30-25(32)9-17-14-29-31-15-19(5-6-23(17)31)35-20-7-8-34-16-20/h1-6,14-15,18,20-21H,7-13,16H2,(H2,28,33)(H,30,32). The molecular weight excluding hydrogens is 460 g/mol. The third kappa shape index (κ3) is 4.51. The largest absolute Gasteiger partial charge is 0.490 e. The molecule has 9 heteroatoms. The Morgan fingerprint density at radius 2 is 1.94 bits per heavy atom. The predicted molar refractivity (Wildman–Crippen MR) is 131 cm³/mol. The molecular formula is C27H30N4O5. The van der Waals surface area contributed by atoms with Crippen LogP contribution in [0.5, 0.6) is 11.5 Å². The van der Waals surface area contributed by atoms with E-state index in [-0.39, 0.29) is 29.6 Å². The molecule has 0 radical (unpaired) electrons. The third-order valence-electron chi connectivity index (χ3n) is 7.60. The predicted octanol–water partition coefficient (Wildman–Crippen LogP) is 2.65. The Hall–Kier alpha value is -3.59. The first-order valence-corrected chi connectivity index (χ1v) is 12.5. The highest BCUT2D eigenvalue weighted by Crippen LogP contribution is 2.56. The summed E-state index contributed by atoms with van der Waals surface area (Å²) in [7, 11) is 0. The molecule has 1 aromatic carbocycles. The second-order valence-electron chi connectivity index (χ2n) is 10.3. The number of benzene rings is 1. The second kappa shape index (κ2) is 9.13. The van der Waals surface area contributed by atoms with E-state index in [2.05, 4.69) is 10.4 Å². The number of carbonyl (C=O) groups excluding carboxylic acids is 2. The van der Waals surface area contributed by atoms with Crippen molar-refractivity contribution in [2.45, 2.75) is 56.8 Å². The van der Waals surface area contributed by atoms with Gasteiger partial charge in [0.25, 0.3) is 5.91 Å². The fourth-order valence-corrected chi connectivity index (χ4v) is 5.84. The second-order valence-corrected chi connectivity index (χ2v) is 10.3. The summed E-state index contributed by atoms with van der Waals surface area (Å²) in [5.74, 6) is 0.826. The van der Waals surface area contributed by atoms with Crippen molar-refractivity contribution in [2.24, 2.45) is 11.1 Å². The van der Waals surface area contributed by atoms with Gasteiger partial charge >= 0.3 is 0 Å². The van der Waals surface area contributed by atoms with E-state index in [0.717, 1.165) is 55.5 Å². The fraction of sp³-hybridized carbons (Fsp3) is 0.444. The number of amides is 2. The molecule has 6 rings (SSSR count). The monoisotopic (exact) mass is 490 g/mol. The van der Waals surface area contributed by atoms with E-state index in [1.54, 1.807) is 28.9 Å². The molecule has 188 valence electrons. The van der Waals surface area contributed by atoms with Crippen LogP contribution in [0.2, 0.25) is 0 Å². The van der Waals surface area contributed by atoms with Crippen molar-refractivity contribution in [2.75, 3.05) is 13.2 Å². The highest BCUT2D eigenvalue weighted by atomic mass is 16.5. The zero-order valence-corrected chi connectivity index (χ0v) is 20.0. The molecule has 3 N–H and O–H groups in total. The number of aromatic nitrogens is 2. The highest BCUT2D eigenvalue weighted by Gasteiger charge is 2.54. The molecule has 1 spiro atoms. The Labute approximate surface area is 208 Å². The Kier molecular flexibility index (Phi) is 5.79.